The molecule has 1 aliphatic heterocycles. The van der Waals surface area contributed by atoms with Crippen molar-refractivity contribution in [1.82, 2.24) is 14.5 Å². The van der Waals surface area contributed by atoms with Gasteiger partial charge in [0, 0.05) is 19.7 Å². The largest absolute Gasteiger partial charge is 0.383 e. The van der Waals surface area contributed by atoms with Gasteiger partial charge >= 0.3 is 5.69 Å². The number of rotatable bonds is 5. The van der Waals surface area contributed by atoms with Gasteiger partial charge in [-0.15, -0.1) is 0 Å². The summed E-state index contributed by atoms with van der Waals surface area (Å²) in [5, 5.41) is 3.18. The lowest BCUT2D eigenvalue weighted by molar-refractivity contribution is 0.186. The second-order valence-corrected chi connectivity index (χ2v) is 5.41. The first-order valence-electron chi connectivity index (χ1n) is 7.09. The molecule has 2 heterocycles. The minimum Gasteiger partial charge on any atom is -0.383 e. The fraction of sp³-hybridized carbons (Fsp3) is 0.692. The topological polar surface area (TPSA) is 105 Å². The Kier molecular flexibility index (Phi) is 5.03. The van der Waals surface area contributed by atoms with Crippen molar-refractivity contribution in [1.29, 1.82) is 0 Å². The number of likely N-dealkylation sites (N-methyl/N-ethyl adjacent to an activating group) is 1. The van der Waals surface area contributed by atoms with Gasteiger partial charge in [0.25, 0.3) is 5.56 Å². The van der Waals surface area contributed by atoms with Gasteiger partial charge in [0.15, 0.2) is 0 Å². The molecule has 4 N–H and O–H groups in total. The summed E-state index contributed by atoms with van der Waals surface area (Å²) < 4.78 is 6.27. The van der Waals surface area contributed by atoms with E-state index in [4.69, 9.17) is 10.5 Å². The molecule has 1 unspecified atom stereocenters. The minimum atomic E-state index is -0.513. The summed E-state index contributed by atoms with van der Waals surface area (Å²) in [4.78, 5) is 28.3. The number of likely N-dealkylation sites (tertiary alicyclic amines) is 1. The van der Waals surface area contributed by atoms with Crippen molar-refractivity contribution in [2.45, 2.75) is 25.4 Å². The third kappa shape index (κ3) is 3.64. The van der Waals surface area contributed by atoms with Crippen LogP contribution in [0.2, 0.25) is 0 Å². The van der Waals surface area contributed by atoms with Crippen molar-refractivity contribution < 1.29 is 4.74 Å². The van der Waals surface area contributed by atoms with Crippen LogP contribution in [0.4, 0.5) is 11.5 Å². The molecule has 0 bridgehead atoms. The molecule has 2 rings (SSSR count). The third-order valence-electron chi connectivity index (χ3n) is 3.73. The number of aromatic nitrogens is 2. The maximum absolute atomic E-state index is 12.0. The van der Waals surface area contributed by atoms with Gasteiger partial charge in [-0.3, -0.25) is 14.3 Å². The van der Waals surface area contributed by atoms with Crippen LogP contribution in [-0.2, 0) is 11.3 Å². The maximum atomic E-state index is 12.0. The molecule has 0 radical (unpaired) electrons. The molecule has 1 aliphatic rings. The minimum absolute atomic E-state index is 0.153. The van der Waals surface area contributed by atoms with Crippen LogP contribution in [0.25, 0.3) is 0 Å². The van der Waals surface area contributed by atoms with Crippen LogP contribution in [0.15, 0.2) is 9.59 Å². The molecule has 118 valence electrons. The zero-order valence-electron chi connectivity index (χ0n) is 12.5. The van der Waals surface area contributed by atoms with Crippen LogP contribution in [0.3, 0.4) is 0 Å². The molecule has 8 nitrogen and oxygen atoms in total. The van der Waals surface area contributed by atoms with Gasteiger partial charge in [0.2, 0.25) is 0 Å². The Morgan fingerprint density at radius 3 is 2.90 bits per heavy atom. The van der Waals surface area contributed by atoms with E-state index >= 15 is 0 Å². The van der Waals surface area contributed by atoms with E-state index in [1.54, 1.807) is 7.11 Å². The van der Waals surface area contributed by atoms with Crippen molar-refractivity contribution in [3.63, 3.8) is 0 Å². The molecular weight excluding hydrogens is 274 g/mol. The predicted octanol–water partition coefficient (Wildman–Crippen LogP) is -0.729. The Labute approximate surface area is 122 Å². The van der Waals surface area contributed by atoms with Crippen LogP contribution in [-0.4, -0.2) is 54.3 Å². The number of aromatic amines is 1. The number of H-pyrrole nitrogens is 1. The summed E-state index contributed by atoms with van der Waals surface area (Å²) in [7, 11) is 3.59. The Bertz CT molecular complexity index is 594. The monoisotopic (exact) mass is 297 g/mol. The molecule has 1 aromatic heterocycles. The lowest BCUT2D eigenvalue weighted by atomic mass is 10.1. The Morgan fingerprint density at radius 2 is 2.24 bits per heavy atom. The summed E-state index contributed by atoms with van der Waals surface area (Å²) in [6, 6.07) is 0.153. The summed E-state index contributed by atoms with van der Waals surface area (Å²) in [6.07, 6.45) is 2.04. The average Bonchev–Trinajstić information content (AvgIpc) is 2.43. The van der Waals surface area contributed by atoms with Crippen molar-refractivity contribution >= 4 is 11.5 Å². The van der Waals surface area contributed by atoms with E-state index < -0.39 is 11.2 Å². The number of hydrogen-bond acceptors (Lipinski definition) is 6. The van der Waals surface area contributed by atoms with Gasteiger partial charge in [-0.05, 0) is 26.4 Å². The number of hydrogen-bond donors (Lipinski definition) is 3. The zero-order chi connectivity index (χ0) is 15.4. The van der Waals surface area contributed by atoms with Crippen LogP contribution >= 0.6 is 0 Å². The van der Waals surface area contributed by atoms with E-state index in [2.05, 4.69) is 15.2 Å². The SMILES string of the molecule is COCCn1c(N)c(NC2CCCN(C)C2)c(=O)[nH]c1=O. The number of nitrogen functional groups attached to an aromatic ring is 1. The number of piperidine rings is 1. The fourth-order valence-corrected chi connectivity index (χ4v) is 2.62. The van der Waals surface area contributed by atoms with E-state index in [1.165, 1.54) is 4.57 Å². The van der Waals surface area contributed by atoms with Gasteiger partial charge in [0.1, 0.15) is 11.5 Å². The Hall–Kier alpha value is -1.80. The van der Waals surface area contributed by atoms with Gasteiger partial charge in [-0.1, -0.05) is 0 Å². The fourth-order valence-electron chi connectivity index (χ4n) is 2.62. The van der Waals surface area contributed by atoms with Crippen LogP contribution in [0, 0.1) is 0 Å². The molecule has 8 heteroatoms. The summed E-state index contributed by atoms with van der Waals surface area (Å²) in [5.41, 5.74) is 5.27. The number of nitrogens with zero attached hydrogens (tertiary/aromatic N) is 2. The first kappa shape index (κ1) is 15.6. The Morgan fingerprint density at radius 1 is 1.48 bits per heavy atom. The quantitative estimate of drug-likeness (QED) is 0.662. The number of methoxy groups -OCH3 is 1. The van der Waals surface area contributed by atoms with E-state index in [9.17, 15) is 9.59 Å². The van der Waals surface area contributed by atoms with Gasteiger partial charge in [0.05, 0.1) is 13.2 Å². The molecule has 0 saturated carbocycles. The van der Waals surface area contributed by atoms with Crippen LogP contribution < -0.4 is 22.3 Å². The molecule has 1 fully saturated rings. The summed E-state index contributed by atoms with van der Waals surface area (Å²) in [5.74, 6) is 0.161. The number of anilines is 2. The molecule has 0 aromatic carbocycles. The summed E-state index contributed by atoms with van der Waals surface area (Å²) >= 11 is 0. The second kappa shape index (κ2) is 6.77. The molecular formula is C13H23N5O3. The second-order valence-electron chi connectivity index (χ2n) is 5.41. The lowest BCUT2D eigenvalue weighted by Gasteiger charge is -2.31. The molecule has 0 spiro atoms. The average molecular weight is 297 g/mol. The lowest BCUT2D eigenvalue weighted by Crippen LogP contribution is -2.42. The zero-order valence-corrected chi connectivity index (χ0v) is 12.5. The number of ether oxygens (including phenoxy) is 1. The maximum Gasteiger partial charge on any atom is 0.330 e. The highest BCUT2D eigenvalue weighted by Gasteiger charge is 2.20. The van der Waals surface area contributed by atoms with Gasteiger partial charge in [-0.2, -0.15) is 0 Å². The van der Waals surface area contributed by atoms with Crippen molar-refractivity contribution in [2.24, 2.45) is 0 Å². The number of nitrogens with one attached hydrogen (secondary N) is 2. The molecule has 0 aliphatic carbocycles. The summed E-state index contributed by atoms with van der Waals surface area (Å²) in [6.45, 7) is 2.55. The van der Waals surface area contributed by atoms with E-state index in [0.717, 1.165) is 25.9 Å². The smallest absolute Gasteiger partial charge is 0.330 e. The van der Waals surface area contributed by atoms with Crippen molar-refractivity contribution in [3.8, 4) is 0 Å². The van der Waals surface area contributed by atoms with E-state index in [0.29, 0.717) is 13.2 Å². The van der Waals surface area contributed by atoms with Crippen LogP contribution in [0.5, 0.6) is 0 Å². The first-order valence-corrected chi connectivity index (χ1v) is 7.09. The highest BCUT2D eigenvalue weighted by atomic mass is 16.5. The van der Waals surface area contributed by atoms with Crippen molar-refractivity contribution in [3.05, 3.63) is 20.8 Å². The Balaban J connectivity index is 2.26. The molecule has 1 saturated heterocycles. The highest BCUT2D eigenvalue weighted by Crippen LogP contribution is 2.16. The molecule has 1 atom stereocenters. The van der Waals surface area contributed by atoms with E-state index in [1.807, 2.05) is 7.05 Å². The predicted molar refractivity (Wildman–Crippen MR) is 81.8 cm³/mol. The number of nitrogens with two attached hydrogens (primary N) is 1. The van der Waals surface area contributed by atoms with Gasteiger partial charge in [-0.25, -0.2) is 4.79 Å². The van der Waals surface area contributed by atoms with Gasteiger partial charge < -0.3 is 20.7 Å². The first-order chi connectivity index (χ1) is 10.0. The normalized spacial score (nSPS) is 19.6. The molecule has 0 amide bonds. The standard InChI is InChI=1S/C13H23N5O3/c1-17-5-3-4-9(8-17)15-10-11(14)18(6-7-21-2)13(20)16-12(10)19/h9,15H,3-8,14H2,1-2H3,(H,16,19,20). The van der Waals surface area contributed by atoms with Crippen LogP contribution in [0.1, 0.15) is 12.8 Å². The van der Waals surface area contributed by atoms with Crippen molar-refractivity contribution in [2.75, 3.05) is 44.9 Å². The van der Waals surface area contributed by atoms with E-state index in [-0.39, 0.29) is 17.5 Å². The molecule has 21 heavy (non-hydrogen) atoms. The molecule has 1 aromatic rings. The highest BCUT2D eigenvalue weighted by molar-refractivity contribution is 5.61. The third-order valence-corrected chi connectivity index (χ3v) is 3.73.